The van der Waals surface area contributed by atoms with Crippen LogP contribution in [-0.4, -0.2) is 13.1 Å². The molecule has 11 heteroatoms. The topological polar surface area (TPSA) is 42.7 Å². The molecule has 0 saturated heterocycles. The second-order valence-electron chi connectivity index (χ2n) is 6.28. The van der Waals surface area contributed by atoms with Crippen LogP contribution in [0.3, 0.4) is 0 Å². The lowest BCUT2D eigenvalue weighted by Gasteiger charge is -2.22. The zero-order valence-corrected chi connectivity index (χ0v) is 15.5. The Hall–Kier alpha value is -3.50. The van der Waals surface area contributed by atoms with Gasteiger partial charge in [0.25, 0.3) is 0 Å². The normalized spacial score (nSPS) is 12.0. The number of rotatable bonds is 3. The Bertz CT molecular complexity index is 1070. The molecule has 164 valence electrons. The summed E-state index contributed by atoms with van der Waals surface area (Å²) in [6, 6.07) is 6.97. The number of ether oxygens (including phenoxy) is 1. The molecule has 3 aromatic rings. The van der Waals surface area contributed by atoms with Crippen molar-refractivity contribution in [3.63, 3.8) is 0 Å². The van der Waals surface area contributed by atoms with E-state index in [1.54, 1.807) is 0 Å². The van der Waals surface area contributed by atoms with Gasteiger partial charge in [-0.2, -0.15) is 26.3 Å². The molecule has 1 heterocycles. The summed E-state index contributed by atoms with van der Waals surface area (Å²) < 4.78 is 103. The molecule has 31 heavy (non-hydrogen) atoms. The van der Waals surface area contributed by atoms with Crippen molar-refractivity contribution in [1.29, 1.82) is 0 Å². The summed E-state index contributed by atoms with van der Waals surface area (Å²) >= 11 is 0. The van der Waals surface area contributed by atoms with Crippen LogP contribution in [-0.2, 0) is 12.4 Å². The van der Waals surface area contributed by atoms with E-state index in [9.17, 15) is 35.5 Å². The highest BCUT2D eigenvalue weighted by Crippen LogP contribution is 2.46. The lowest BCUT2D eigenvalue weighted by atomic mass is 10.0. The van der Waals surface area contributed by atoms with E-state index < -0.39 is 46.7 Å². The molecule has 0 unspecified atom stereocenters. The van der Waals surface area contributed by atoms with Gasteiger partial charge in [0.2, 0.25) is 0 Å². The molecule has 4 nitrogen and oxygen atoms in total. The molecule has 0 aliphatic carbocycles. The number of carbonyl (C=O) groups excluding carboxylic acids is 1. The number of anilines is 1. The third-order valence-electron chi connectivity index (χ3n) is 4.19. The predicted octanol–water partition coefficient (Wildman–Crippen LogP) is 6.76. The van der Waals surface area contributed by atoms with Crippen LogP contribution in [0, 0.1) is 5.82 Å². The van der Waals surface area contributed by atoms with Crippen molar-refractivity contribution in [3.8, 4) is 17.1 Å². The largest absolute Gasteiger partial charge is 0.464 e. The number of nitrogens with zero attached hydrogens (tertiary/aromatic N) is 1. The first kappa shape index (κ1) is 22.2. The van der Waals surface area contributed by atoms with Gasteiger partial charge in [-0.15, -0.1) is 0 Å². The van der Waals surface area contributed by atoms with Crippen LogP contribution in [0.1, 0.15) is 11.1 Å². The molecule has 1 amide bonds. The van der Waals surface area contributed by atoms with E-state index in [4.69, 9.17) is 9.15 Å². The van der Waals surface area contributed by atoms with Crippen molar-refractivity contribution < 1.29 is 44.7 Å². The Morgan fingerprint density at radius 1 is 0.968 bits per heavy atom. The lowest BCUT2D eigenvalue weighted by Crippen LogP contribution is -2.30. The summed E-state index contributed by atoms with van der Waals surface area (Å²) in [7, 11) is 1.14. The minimum Gasteiger partial charge on any atom is -0.464 e. The smallest absolute Gasteiger partial charge is 0.420 e. The number of hydrogen-bond donors (Lipinski definition) is 0. The second kappa shape index (κ2) is 7.97. The first-order valence-electron chi connectivity index (χ1n) is 8.45. The van der Waals surface area contributed by atoms with Crippen LogP contribution in [0.25, 0.3) is 11.3 Å². The number of halogens is 7. The summed E-state index contributed by atoms with van der Waals surface area (Å²) in [5.74, 6) is -2.15. The Kier molecular flexibility index (Phi) is 5.70. The van der Waals surface area contributed by atoms with E-state index >= 15 is 0 Å². The van der Waals surface area contributed by atoms with E-state index in [1.165, 1.54) is 18.2 Å². The third-order valence-corrected chi connectivity index (χ3v) is 4.19. The van der Waals surface area contributed by atoms with Gasteiger partial charge in [0, 0.05) is 12.7 Å². The maximum absolute atomic E-state index is 13.6. The molecule has 2 aromatic carbocycles. The van der Waals surface area contributed by atoms with E-state index in [-0.39, 0.29) is 17.5 Å². The fourth-order valence-electron chi connectivity index (χ4n) is 2.65. The van der Waals surface area contributed by atoms with Crippen molar-refractivity contribution in [2.75, 3.05) is 11.9 Å². The van der Waals surface area contributed by atoms with Gasteiger partial charge in [0.05, 0.1) is 23.0 Å². The average Bonchev–Trinajstić information content (AvgIpc) is 3.21. The molecule has 0 aliphatic heterocycles. The van der Waals surface area contributed by atoms with Gasteiger partial charge >= 0.3 is 18.4 Å². The molecule has 0 aliphatic rings. The summed E-state index contributed by atoms with van der Waals surface area (Å²) in [5, 5.41) is 0. The summed E-state index contributed by atoms with van der Waals surface area (Å²) in [5.41, 5.74) is -4.05. The van der Waals surface area contributed by atoms with E-state index in [0.717, 1.165) is 36.4 Å². The van der Waals surface area contributed by atoms with Crippen molar-refractivity contribution in [2.24, 2.45) is 0 Å². The molecule has 0 fully saturated rings. The van der Waals surface area contributed by atoms with Gasteiger partial charge in [0.1, 0.15) is 11.6 Å². The summed E-state index contributed by atoms with van der Waals surface area (Å²) in [4.78, 5) is 13.2. The molecule has 0 saturated carbocycles. The van der Waals surface area contributed by atoms with E-state index in [2.05, 4.69) is 0 Å². The molecule has 0 spiro atoms. The van der Waals surface area contributed by atoms with Crippen molar-refractivity contribution in [3.05, 3.63) is 71.7 Å². The SMILES string of the molecule is CN(C(=O)Oc1c(-c2ccco2)cc(C(F)(F)F)cc1C(F)(F)F)c1ccc(F)cc1. The van der Waals surface area contributed by atoms with E-state index in [0.29, 0.717) is 6.07 Å². The number of amides is 1. The molecule has 0 bridgehead atoms. The molecule has 0 atom stereocenters. The van der Waals surface area contributed by atoms with Crippen LogP contribution in [0.15, 0.2) is 59.2 Å². The van der Waals surface area contributed by atoms with Gasteiger partial charge in [-0.3, -0.25) is 4.90 Å². The van der Waals surface area contributed by atoms with Gasteiger partial charge in [-0.1, -0.05) is 0 Å². The fraction of sp³-hybridized carbons (Fsp3) is 0.150. The average molecular weight is 447 g/mol. The van der Waals surface area contributed by atoms with Crippen LogP contribution in [0.2, 0.25) is 0 Å². The summed E-state index contributed by atoms with van der Waals surface area (Å²) in [6.07, 6.45) is -10.7. The van der Waals surface area contributed by atoms with Crippen molar-refractivity contribution in [1.82, 2.24) is 0 Å². The number of carbonyl (C=O) groups is 1. The van der Waals surface area contributed by atoms with Crippen LogP contribution in [0.5, 0.6) is 5.75 Å². The van der Waals surface area contributed by atoms with E-state index in [1.807, 2.05) is 0 Å². The Balaban J connectivity index is 2.13. The van der Waals surface area contributed by atoms with Crippen LogP contribution < -0.4 is 9.64 Å². The van der Waals surface area contributed by atoms with Crippen molar-refractivity contribution in [2.45, 2.75) is 12.4 Å². The maximum Gasteiger partial charge on any atom is 0.420 e. The molecule has 0 radical (unpaired) electrons. The molecule has 1 aromatic heterocycles. The number of furan rings is 1. The monoisotopic (exact) mass is 447 g/mol. The molecular weight excluding hydrogens is 435 g/mol. The minimum atomic E-state index is -5.29. The zero-order chi connectivity index (χ0) is 23.0. The highest BCUT2D eigenvalue weighted by Gasteiger charge is 2.41. The second-order valence-corrected chi connectivity index (χ2v) is 6.28. The van der Waals surface area contributed by atoms with Crippen LogP contribution >= 0.6 is 0 Å². The lowest BCUT2D eigenvalue weighted by molar-refractivity contribution is -0.143. The number of benzene rings is 2. The quantitative estimate of drug-likeness (QED) is 0.417. The van der Waals surface area contributed by atoms with Gasteiger partial charge in [-0.25, -0.2) is 9.18 Å². The fourth-order valence-corrected chi connectivity index (χ4v) is 2.65. The first-order valence-corrected chi connectivity index (χ1v) is 8.45. The predicted molar refractivity (Wildman–Crippen MR) is 95.0 cm³/mol. The van der Waals surface area contributed by atoms with Crippen molar-refractivity contribution >= 4 is 11.8 Å². The first-order chi connectivity index (χ1) is 14.4. The Morgan fingerprint density at radius 2 is 1.61 bits per heavy atom. The summed E-state index contributed by atoms with van der Waals surface area (Å²) in [6.45, 7) is 0. The third kappa shape index (κ3) is 4.81. The highest BCUT2D eigenvalue weighted by atomic mass is 19.4. The van der Waals surface area contributed by atoms with Crippen LogP contribution in [0.4, 0.5) is 41.2 Å². The minimum absolute atomic E-state index is 0.0754. The Morgan fingerprint density at radius 3 is 2.13 bits per heavy atom. The van der Waals surface area contributed by atoms with Gasteiger partial charge < -0.3 is 9.15 Å². The van der Waals surface area contributed by atoms with Gasteiger partial charge in [0.15, 0.2) is 5.75 Å². The Labute approximate surface area is 170 Å². The molecule has 0 N–H and O–H groups in total. The zero-order valence-electron chi connectivity index (χ0n) is 15.5. The molecular formula is C20H12F7NO3. The standard InChI is InChI=1S/C20H12F7NO3/c1-28(13-6-4-12(21)5-7-13)18(29)31-17-14(16-3-2-8-30-16)9-11(19(22,23)24)10-15(17)20(25,26)27/h2-10H,1H3. The van der Waals surface area contributed by atoms with Gasteiger partial charge in [-0.05, 0) is 48.5 Å². The highest BCUT2D eigenvalue weighted by molar-refractivity contribution is 5.90. The number of hydrogen-bond acceptors (Lipinski definition) is 3. The maximum atomic E-state index is 13.6. The molecule has 3 rings (SSSR count). The number of alkyl halides is 6.